The predicted octanol–water partition coefficient (Wildman–Crippen LogP) is 2.11. The molecule has 8 nitrogen and oxygen atoms in total. The molecule has 30 heavy (non-hydrogen) atoms. The van der Waals surface area contributed by atoms with Gasteiger partial charge in [0.1, 0.15) is 17.9 Å². The Hall–Kier alpha value is -1.88. The summed E-state index contributed by atoms with van der Waals surface area (Å²) in [6.45, 7) is 5.99. The average Bonchev–Trinajstić information content (AvgIpc) is 3.21. The van der Waals surface area contributed by atoms with Crippen LogP contribution in [0.2, 0.25) is 0 Å². The highest BCUT2D eigenvalue weighted by Gasteiger charge is 2.19. The second-order valence-corrected chi connectivity index (χ2v) is 7.24. The van der Waals surface area contributed by atoms with E-state index >= 15 is 0 Å². The van der Waals surface area contributed by atoms with Gasteiger partial charge in [-0.25, -0.2) is 0 Å². The standard InChI is InChI=1S/C21H32N6O2.HI/c1-3-20-25-24-16-27(20)15-12-23-21(26-13-9-18(28)10-14-26)22-11-8-17-4-6-19(29-2)7-5-17;/h4-7,16,18,28H,3,8-15H2,1-2H3,(H,22,23);1H. The number of ether oxygens (including phenoxy) is 1. The van der Waals surface area contributed by atoms with E-state index in [1.165, 1.54) is 5.56 Å². The van der Waals surface area contributed by atoms with Crippen molar-refractivity contribution in [3.05, 3.63) is 42.0 Å². The molecule has 0 unspecified atom stereocenters. The van der Waals surface area contributed by atoms with Crippen molar-refractivity contribution >= 4 is 29.9 Å². The number of rotatable bonds is 8. The van der Waals surface area contributed by atoms with Gasteiger partial charge in [0.15, 0.2) is 5.96 Å². The molecule has 3 rings (SSSR count). The molecule has 0 bridgehead atoms. The minimum absolute atomic E-state index is 0. The van der Waals surface area contributed by atoms with Gasteiger partial charge in [-0.3, -0.25) is 4.99 Å². The van der Waals surface area contributed by atoms with Gasteiger partial charge in [0.25, 0.3) is 0 Å². The molecule has 166 valence electrons. The Morgan fingerprint density at radius 1 is 1.27 bits per heavy atom. The molecule has 2 N–H and O–H groups in total. The highest BCUT2D eigenvalue weighted by Crippen LogP contribution is 2.13. The number of aliphatic hydroxyl groups excluding tert-OH is 1. The van der Waals surface area contributed by atoms with Crippen LogP contribution in [0.25, 0.3) is 0 Å². The molecule has 1 aromatic heterocycles. The van der Waals surface area contributed by atoms with Crippen LogP contribution in [0.3, 0.4) is 0 Å². The molecule has 9 heteroatoms. The molecular formula is C21H33IN6O2. The molecule has 0 amide bonds. The molecule has 1 aliphatic heterocycles. The topological polar surface area (TPSA) is 87.8 Å². The molecule has 2 heterocycles. The number of benzene rings is 1. The third-order valence-corrected chi connectivity index (χ3v) is 5.23. The molecule has 0 radical (unpaired) electrons. The van der Waals surface area contributed by atoms with Gasteiger partial charge in [-0.15, -0.1) is 34.2 Å². The fourth-order valence-corrected chi connectivity index (χ4v) is 3.46. The Morgan fingerprint density at radius 2 is 2.00 bits per heavy atom. The number of aliphatic hydroxyl groups is 1. The minimum Gasteiger partial charge on any atom is -0.497 e. The van der Waals surface area contributed by atoms with Crippen LogP contribution in [0, 0.1) is 0 Å². The normalized spacial score (nSPS) is 15.0. The quantitative estimate of drug-likeness (QED) is 0.310. The van der Waals surface area contributed by atoms with Crippen molar-refractivity contribution in [2.75, 3.05) is 33.3 Å². The first-order chi connectivity index (χ1) is 14.2. The van der Waals surface area contributed by atoms with Crippen LogP contribution < -0.4 is 10.1 Å². The number of hydrogen-bond donors (Lipinski definition) is 2. The summed E-state index contributed by atoms with van der Waals surface area (Å²) in [6, 6.07) is 8.12. The van der Waals surface area contributed by atoms with Gasteiger partial charge in [0.2, 0.25) is 0 Å². The number of methoxy groups -OCH3 is 1. The lowest BCUT2D eigenvalue weighted by Gasteiger charge is -2.32. The van der Waals surface area contributed by atoms with Gasteiger partial charge in [-0.2, -0.15) is 0 Å². The average molecular weight is 528 g/mol. The van der Waals surface area contributed by atoms with Gasteiger partial charge in [-0.05, 0) is 37.0 Å². The van der Waals surface area contributed by atoms with Gasteiger partial charge >= 0.3 is 0 Å². The van der Waals surface area contributed by atoms with Crippen molar-refractivity contribution in [2.24, 2.45) is 4.99 Å². The van der Waals surface area contributed by atoms with Crippen LogP contribution >= 0.6 is 24.0 Å². The zero-order valence-electron chi connectivity index (χ0n) is 17.8. The van der Waals surface area contributed by atoms with Crippen molar-refractivity contribution in [2.45, 2.75) is 45.3 Å². The lowest BCUT2D eigenvalue weighted by Crippen LogP contribution is -2.47. The number of likely N-dealkylation sites (tertiary alicyclic amines) is 1. The molecule has 1 aliphatic rings. The van der Waals surface area contributed by atoms with Crippen LogP contribution in [0.5, 0.6) is 5.75 Å². The van der Waals surface area contributed by atoms with Crippen molar-refractivity contribution in [1.29, 1.82) is 0 Å². The monoisotopic (exact) mass is 528 g/mol. The number of aromatic nitrogens is 3. The summed E-state index contributed by atoms with van der Waals surface area (Å²) in [5.41, 5.74) is 1.24. The van der Waals surface area contributed by atoms with E-state index in [0.29, 0.717) is 6.54 Å². The van der Waals surface area contributed by atoms with Crippen LogP contribution in [0.1, 0.15) is 31.2 Å². The van der Waals surface area contributed by atoms with Crippen molar-refractivity contribution in [3.8, 4) is 5.75 Å². The summed E-state index contributed by atoms with van der Waals surface area (Å²) in [7, 11) is 1.68. The van der Waals surface area contributed by atoms with E-state index in [0.717, 1.165) is 69.4 Å². The molecule has 1 fully saturated rings. The first-order valence-corrected chi connectivity index (χ1v) is 10.4. The first-order valence-electron chi connectivity index (χ1n) is 10.4. The highest BCUT2D eigenvalue weighted by atomic mass is 127. The third-order valence-electron chi connectivity index (χ3n) is 5.23. The lowest BCUT2D eigenvalue weighted by atomic mass is 10.1. The lowest BCUT2D eigenvalue weighted by molar-refractivity contribution is 0.108. The second kappa shape index (κ2) is 12.7. The number of piperidine rings is 1. The maximum absolute atomic E-state index is 9.82. The zero-order valence-corrected chi connectivity index (χ0v) is 20.2. The molecular weight excluding hydrogens is 495 g/mol. The van der Waals surface area contributed by atoms with Crippen molar-refractivity contribution < 1.29 is 9.84 Å². The van der Waals surface area contributed by atoms with Gasteiger partial charge < -0.3 is 24.6 Å². The summed E-state index contributed by atoms with van der Waals surface area (Å²) < 4.78 is 7.29. The van der Waals surface area contributed by atoms with E-state index in [-0.39, 0.29) is 30.1 Å². The van der Waals surface area contributed by atoms with Crippen LogP contribution in [0.15, 0.2) is 35.6 Å². The van der Waals surface area contributed by atoms with Crippen LogP contribution in [-0.4, -0.2) is 70.1 Å². The molecule has 0 spiro atoms. The fourth-order valence-electron chi connectivity index (χ4n) is 3.46. The zero-order chi connectivity index (χ0) is 20.5. The van der Waals surface area contributed by atoms with Crippen molar-refractivity contribution in [3.63, 3.8) is 0 Å². The molecule has 1 aromatic carbocycles. The first kappa shape index (κ1) is 24.4. The number of hydrogen-bond acceptors (Lipinski definition) is 5. The Morgan fingerprint density at radius 3 is 2.67 bits per heavy atom. The molecule has 0 saturated carbocycles. The number of aryl methyl sites for hydroxylation is 1. The smallest absolute Gasteiger partial charge is 0.193 e. The van der Waals surface area contributed by atoms with Crippen LogP contribution in [0.4, 0.5) is 0 Å². The maximum atomic E-state index is 9.82. The van der Waals surface area contributed by atoms with Gasteiger partial charge in [-0.1, -0.05) is 19.1 Å². The summed E-state index contributed by atoms with van der Waals surface area (Å²) in [5.74, 6) is 2.77. The maximum Gasteiger partial charge on any atom is 0.193 e. The Bertz CT molecular complexity index is 772. The summed E-state index contributed by atoms with van der Waals surface area (Å²) >= 11 is 0. The second-order valence-electron chi connectivity index (χ2n) is 7.24. The number of nitrogens with one attached hydrogen (secondary N) is 1. The van der Waals surface area contributed by atoms with Gasteiger partial charge in [0, 0.05) is 39.1 Å². The SMILES string of the molecule is CCc1nncn1CCNC(=NCCc1ccc(OC)cc1)N1CCC(O)CC1.I. The number of guanidine groups is 1. The van der Waals surface area contributed by atoms with E-state index in [4.69, 9.17) is 9.73 Å². The molecule has 2 aromatic rings. The Kier molecular flexibility index (Phi) is 10.4. The van der Waals surface area contributed by atoms with Crippen molar-refractivity contribution in [1.82, 2.24) is 25.0 Å². The molecule has 0 aliphatic carbocycles. The Labute approximate surface area is 195 Å². The largest absolute Gasteiger partial charge is 0.497 e. The summed E-state index contributed by atoms with van der Waals surface area (Å²) in [5, 5.41) is 21.4. The summed E-state index contributed by atoms with van der Waals surface area (Å²) in [4.78, 5) is 7.09. The Balaban J connectivity index is 0.00000320. The van der Waals surface area contributed by atoms with E-state index in [1.54, 1.807) is 13.4 Å². The molecule has 1 saturated heterocycles. The predicted molar refractivity (Wildman–Crippen MR) is 129 cm³/mol. The van der Waals surface area contributed by atoms with Gasteiger partial charge in [0.05, 0.1) is 13.2 Å². The summed E-state index contributed by atoms with van der Waals surface area (Å²) in [6.07, 6.45) is 4.88. The minimum atomic E-state index is -0.198. The van der Waals surface area contributed by atoms with E-state index in [2.05, 4.69) is 44.0 Å². The van der Waals surface area contributed by atoms with Crippen LogP contribution in [-0.2, 0) is 19.4 Å². The highest BCUT2D eigenvalue weighted by molar-refractivity contribution is 14.0. The number of halogens is 1. The number of nitrogens with zero attached hydrogens (tertiary/aromatic N) is 5. The number of aliphatic imine (C=N–C) groups is 1. The third kappa shape index (κ3) is 7.12. The van der Waals surface area contributed by atoms with E-state index in [1.807, 2.05) is 12.1 Å². The molecule has 0 atom stereocenters. The van der Waals surface area contributed by atoms with E-state index < -0.39 is 0 Å². The fraction of sp³-hybridized carbons (Fsp3) is 0.571. The van der Waals surface area contributed by atoms with E-state index in [9.17, 15) is 5.11 Å².